The summed E-state index contributed by atoms with van der Waals surface area (Å²) in [5, 5.41) is 0. The second kappa shape index (κ2) is 5.37. The lowest BCUT2D eigenvalue weighted by Gasteiger charge is -2.33. The van der Waals surface area contributed by atoms with Gasteiger partial charge in [0.25, 0.3) is 0 Å². The van der Waals surface area contributed by atoms with Gasteiger partial charge in [0.05, 0.1) is 0 Å². The van der Waals surface area contributed by atoms with E-state index in [2.05, 4.69) is 41.5 Å². The molecule has 0 aromatic heterocycles. The Hall–Kier alpha value is 0. The molecular formula is C15H30. The van der Waals surface area contributed by atoms with Crippen LogP contribution in [-0.4, -0.2) is 0 Å². The van der Waals surface area contributed by atoms with Crippen LogP contribution in [0.4, 0.5) is 0 Å². The Morgan fingerprint density at radius 1 is 1.00 bits per heavy atom. The molecule has 0 aromatic carbocycles. The molecule has 5 unspecified atom stereocenters. The molecule has 1 rings (SSSR count). The smallest absolute Gasteiger partial charge is 0.0329 e. The van der Waals surface area contributed by atoms with Crippen LogP contribution in [0.1, 0.15) is 60.8 Å². The van der Waals surface area contributed by atoms with Crippen molar-refractivity contribution in [3.63, 3.8) is 0 Å². The third-order valence-electron chi connectivity index (χ3n) is 4.67. The van der Waals surface area contributed by atoms with Crippen molar-refractivity contribution in [1.29, 1.82) is 0 Å². The molecule has 0 radical (unpaired) electrons. The lowest BCUT2D eigenvalue weighted by molar-refractivity contribution is 0.158. The highest BCUT2D eigenvalue weighted by molar-refractivity contribution is 4.90. The van der Waals surface area contributed by atoms with Crippen LogP contribution in [-0.2, 0) is 0 Å². The van der Waals surface area contributed by atoms with Crippen LogP contribution in [0, 0.1) is 35.5 Å². The van der Waals surface area contributed by atoms with E-state index in [-0.39, 0.29) is 0 Å². The molecule has 1 aliphatic rings. The second-order valence-electron chi connectivity index (χ2n) is 6.35. The van der Waals surface area contributed by atoms with Crippen LogP contribution in [0.5, 0.6) is 0 Å². The van der Waals surface area contributed by atoms with Crippen LogP contribution < -0.4 is 0 Å². The first-order valence-corrected chi connectivity index (χ1v) is 6.99. The van der Waals surface area contributed by atoms with E-state index >= 15 is 0 Å². The average molecular weight is 210 g/mol. The second-order valence-corrected chi connectivity index (χ2v) is 6.35. The minimum atomic E-state index is 0.870. The summed E-state index contributed by atoms with van der Waals surface area (Å²) in [5.74, 6) is 5.66. The SMILES string of the molecule is CCCC(C)C1C(C)CC(C)C1C(C)C. The topological polar surface area (TPSA) is 0 Å². The molecule has 0 spiro atoms. The summed E-state index contributed by atoms with van der Waals surface area (Å²) in [6.45, 7) is 14.6. The van der Waals surface area contributed by atoms with Gasteiger partial charge in [0.1, 0.15) is 0 Å². The number of rotatable bonds is 4. The van der Waals surface area contributed by atoms with Gasteiger partial charge in [0.15, 0.2) is 0 Å². The monoisotopic (exact) mass is 210 g/mol. The van der Waals surface area contributed by atoms with E-state index in [4.69, 9.17) is 0 Å². The first kappa shape index (κ1) is 13.1. The fourth-order valence-electron chi connectivity index (χ4n) is 4.35. The van der Waals surface area contributed by atoms with Crippen LogP contribution in [0.3, 0.4) is 0 Å². The summed E-state index contributed by atoms with van der Waals surface area (Å²) >= 11 is 0. The highest BCUT2D eigenvalue weighted by Crippen LogP contribution is 2.49. The largest absolute Gasteiger partial charge is 0.0654 e. The van der Waals surface area contributed by atoms with Crippen LogP contribution in [0.25, 0.3) is 0 Å². The molecule has 0 amide bonds. The number of hydrogen-bond donors (Lipinski definition) is 0. The fourth-order valence-corrected chi connectivity index (χ4v) is 4.35. The van der Waals surface area contributed by atoms with Gasteiger partial charge in [0, 0.05) is 0 Å². The summed E-state index contributed by atoms with van der Waals surface area (Å²) in [6.07, 6.45) is 4.23. The molecule has 15 heavy (non-hydrogen) atoms. The Labute approximate surface area is 96.8 Å². The summed E-state index contributed by atoms with van der Waals surface area (Å²) in [6, 6.07) is 0. The van der Waals surface area contributed by atoms with Gasteiger partial charge in [0.2, 0.25) is 0 Å². The van der Waals surface area contributed by atoms with E-state index in [9.17, 15) is 0 Å². The molecule has 0 heterocycles. The van der Waals surface area contributed by atoms with Gasteiger partial charge in [-0.15, -0.1) is 0 Å². The molecular weight excluding hydrogens is 180 g/mol. The lowest BCUT2D eigenvalue weighted by atomic mass is 9.73. The minimum Gasteiger partial charge on any atom is -0.0654 e. The van der Waals surface area contributed by atoms with E-state index in [0.717, 1.165) is 35.5 Å². The maximum atomic E-state index is 2.48. The molecule has 1 aliphatic carbocycles. The van der Waals surface area contributed by atoms with Crippen molar-refractivity contribution >= 4 is 0 Å². The van der Waals surface area contributed by atoms with E-state index < -0.39 is 0 Å². The molecule has 0 aromatic rings. The van der Waals surface area contributed by atoms with Gasteiger partial charge in [-0.2, -0.15) is 0 Å². The number of hydrogen-bond acceptors (Lipinski definition) is 0. The molecule has 5 atom stereocenters. The van der Waals surface area contributed by atoms with E-state index in [0.29, 0.717) is 0 Å². The predicted octanol–water partition coefficient (Wildman–Crippen LogP) is 4.99. The quantitative estimate of drug-likeness (QED) is 0.613. The van der Waals surface area contributed by atoms with Crippen LogP contribution in [0.2, 0.25) is 0 Å². The van der Waals surface area contributed by atoms with E-state index in [1.807, 2.05) is 0 Å². The molecule has 0 heteroatoms. The summed E-state index contributed by atoms with van der Waals surface area (Å²) in [5.41, 5.74) is 0. The molecule has 90 valence electrons. The normalized spacial score (nSPS) is 38.6. The van der Waals surface area contributed by atoms with Crippen molar-refractivity contribution in [1.82, 2.24) is 0 Å². The van der Waals surface area contributed by atoms with Gasteiger partial charge in [-0.25, -0.2) is 0 Å². The Morgan fingerprint density at radius 2 is 1.53 bits per heavy atom. The van der Waals surface area contributed by atoms with Crippen molar-refractivity contribution in [2.24, 2.45) is 35.5 Å². The third kappa shape index (κ3) is 2.77. The van der Waals surface area contributed by atoms with Gasteiger partial charge in [-0.3, -0.25) is 0 Å². The molecule has 0 aliphatic heterocycles. The molecule has 0 N–H and O–H groups in total. The minimum absolute atomic E-state index is 0.870. The Kier molecular flexibility index (Phi) is 4.67. The highest BCUT2D eigenvalue weighted by atomic mass is 14.5. The maximum Gasteiger partial charge on any atom is -0.0329 e. The van der Waals surface area contributed by atoms with Crippen molar-refractivity contribution < 1.29 is 0 Å². The lowest BCUT2D eigenvalue weighted by Crippen LogP contribution is -2.26. The van der Waals surface area contributed by atoms with Crippen molar-refractivity contribution in [2.45, 2.75) is 60.8 Å². The first-order valence-electron chi connectivity index (χ1n) is 6.99. The maximum absolute atomic E-state index is 2.48. The van der Waals surface area contributed by atoms with Crippen LogP contribution in [0.15, 0.2) is 0 Å². The Morgan fingerprint density at radius 3 is 2.00 bits per heavy atom. The zero-order valence-corrected chi connectivity index (χ0v) is 11.6. The third-order valence-corrected chi connectivity index (χ3v) is 4.67. The first-order chi connectivity index (χ1) is 6.99. The van der Waals surface area contributed by atoms with Gasteiger partial charge in [-0.05, 0) is 41.9 Å². The van der Waals surface area contributed by atoms with Gasteiger partial charge >= 0.3 is 0 Å². The van der Waals surface area contributed by atoms with Crippen molar-refractivity contribution in [3.05, 3.63) is 0 Å². The highest BCUT2D eigenvalue weighted by Gasteiger charge is 2.42. The molecule has 0 bridgehead atoms. The molecule has 0 saturated heterocycles. The zero-order chi connectivity index (χ0) is 11.6. The van der Waals surface area contributed by atoms with E-state index in [1.165, 1.54) is 19.3 Å². The Balaban J connectivity index is 2.73. The summed E-state index contributed by atoms with van der Waals surface area (Å²) in [7, 11) is 0. The standard InChI is InChI=1S/C15H30/c1-7-8-11(4)15-13(6)9-12(5)14(15)10(2)3/h10-15H,7-9H2,1-6H3. The van der Waals surface area contributed by atoms with Crippen LogP contribution >= 0.6 is 0 Å². The van der Waals surface area contributed by atoms with Gasteiger partial charge < -0.3 is 0 Å². The molecule has 1 saturated carbocycles. The predicted molar refractivity (Wildman–Crippen MR) is 68.8 cm³/mol. The summed E-state index contributed by atoms with van der Waals surface area (Å²) < 4.78 is 0. The van der Waals surface area contributed by atoms with E-state index in [1.54, 1.807) is 0 Å². The molecule has 0 nitrogen and oxygen atoms in total. The zero-order valence-electron chi connectivity index (χ0n) is 11.6. The average Bonchev–Trinajstić information content (AvgIpc) is 2.41. The van der Waals surface area contributed by atoms with Gasteiger partial charge in [-0.1, -0.05) is 54.4 Å². The van der Waals surface area contributed by atoms with Crippen molar-refractivity contribution in [3.8, 4) is 0 Å². The summed E-state index contributed by atoms with van der Waals surface area (Å²) in [4.78, 5) is 0. The van der Waals surface area contributed by atoms with Crippen molar-refractivity contribution in [2.75, 3.05) is 0 Å². The Bertz CT molecular complexity index is 182. The fraction of sp³-hybridized carbons (Fsp3) is 1.00. The molecule has 1 fully saturated rings.